The van der Waals surface area contributed by atoms with Crippen LogP contribution in [0.3, 0.4) is 0 Å². The Bertz CT molecular complexity index is 565. The van der Waals surface area contributed by atoms with Gasteiger partial charge in [0, 0.05) is 12.5 Å². The van der Waals surface area contributed by atoms with Crippen molar-refractivity contribution >= 4 is 27.6 Å². The van der Waals surface area contributed by atoms with Crippen LogP contribution in [0.25, 0.3) is 0 Å². The largest absolute Gasteiger partial charge is 0.483 e. The minimum atomic E-state index is -1.32. The van der Waals surface area contributed by atoms with E-state index in [2.05, 4.69) is 15.9 Å². The molecule has 2 unspecified atom stereocenters. The summed E-state index contributed by atoms with van der Waals surface area (Å²) < 4.78 is 6.07. The van der Waals surface area contributed by atoms with E-state index in [1.807, 2.05) is 0 Å². The number of rotatable bonds is 4. The number of nitro benzene ring substituents is 1. The summed E-state index contributed by atoms with van der Waals surface area (Å²) in [7, 11) is 0. The number of ether oxygens (including phenoxy) is 1. The number of hydrogen-bond acceptors (Lipinski definition) is 5. The highest BCUT2D eigenvalue weighted by Crippen LogP contribution is 2.39. The molecule has 2 atom stereocenters. The van der Waals surface area contributed by atoms with Gasteiger partial charge in [0.15, 0.2) is 0 Å². The van der Waals surface area contributed by atoms with Crippen molar-refractivity contribution in [1.82, 2.24) is 0 Å². The Hall–Kier alpha value is -1.67. The van der Waals surface area contributed by atoms with Crippen molar-refractivity contribution < 1.29 is 19.6 Å². The van der Waals surface area contributed by atoms with Gasteiger partial charge in [0.2, 0.25) is 5.75 Å². The smallest absolute Gasteiger partial charge is 0.323 e. The van der Waals surface area contributed by atoms with Gasteiger partial charge in [-0.05, 0) is 34.8 Å². The van der Waals surface area contributed by atoms with Crippen molar-refractivity contribution in [1.29, 1.82) is 0 Å². The van der Waals surface area contributed by atoms with Gasteiger partial charge in [-0.1, -0.05) is 6.07 Å². The second-order valence-electron chi connectivity index (χ2n) is 4.79. The van der Waals surface area contributed by atoms with Crippen LogP contribution in [0.2, 0.25) is 0 Å². The van der Waals surface area contributed by atoms with E-state index in [0.29, 0.717) is 10.9 Å². The minimum Gasteiger partial charge on any atom is -0.483 e. The highest BCUT2D eigenvalue weighted by Gasteiger charge is 2.43. The average Bonchev–Trinajstić information content (AvgIpc) is 2.75. The highest BCUT2D eigenvalue weighted by atomic mass is 79.9. The number of nitrogens with two attached hydrogens (primary N) is 1. The molecule has 8 heteroatoms. The fourth-order valence-electron chi connectivity index (χ4n) is 2.25. The SMILES string of the molecule is NC1(C(=O)O)CCC(Oc2c(Br)cccc2[N+](=O)[O-])C1. The van der Waals surface area contributed by atoms with Crippen molar-refractivity contribution in [2.45, 2.75) is 30.9 Å². The van der Waals surface area contributed by atoms with Gasteiger partial charge >= 0.3 is 11.7 Å². The zero-order valence-corrected chi connectivity index (χ0v) is 12.0. The molecule has 0 heterocycles. The zero-order chi connectivity index (χ0) is 14.9. The van der Waals surface area contributed by atoms with E-state index < -0.39 is 22.5 Å². The minimum absolute atomic E-state index is 0.108. The number of aliphatic carboxylic acids is 1. The number of nitro groups is 1. The van der Waals surface area contributed by atoms with Crippen molar-refractivity contribution in [3.8, 4) is 5.75 Å². The summed E-state index contributed by atoms with van der Waals surface area (Å²) in [6, 6.07) is 4.50. The third-order valence-electron chi connectivity index (χ3n) is 3.36. The monoisotopic (exact) mass is 344 g/mol. The number of nitrogens with zero attached hydrogens (tertiary/aromatic N) is 1. The molecule has 0 radical (unpaired) electrons. The molecule has 1 saturated carbocycles. The van der Waals surface area contributed by atoms with Gasteiger partial charge in [-0.3, -0.25) is 14.9 Å². The number of carboxylic acids is 1. The molecule has 0 spiro atoms. The second kappa shape index (κ2) is 5.37. The summed E-state index contributed by atoms with van der Waals surface area (Å²) in [5.74, 6) is -0.970. The molecule has 1 aromatic rings. The molecule has 0 aliphatic heterocycles. The molecule has 0 bridgehead atoms. The molecule has 0 aromatic heterocycles. The molecule has 7 nitrogen and oxygen atoms in total. The van der Waals surface area contributed by atoms with E-state index in [4.69, 9.17) is 15.6 Å². The molecule has 1 aromatic carbocycles. The Kier molecular flexibility index (Phi) is 3.96. The fraction of sp³-hybridized carbons (Fsp3) is 0.417. The Morgan fingerprint density at radius 1 is 1.60 bits per heavy atom. The van der Waals surface area contributed by atoms with Crippen LogP contribution in [0.5, 0.6) is 5.75 Å². The molecule has 108 valence electrons. The van der Waals surface area contributed by atoms with Crippen LogP contribution < -0.4 is 10.5 Å². The topological polar surface area (TPSA) is 116 Å². The van der Waals surface area contributed by atoms with E-state index in [1.165, 1.54) is 12.1 Å². The molecule has 1 aliphatic carbocycles. The second-order valence-corrected chi connectivity index (χ2v) is 5.64. The van der Waals surface area contributed by atoms with Crippen LogP contribution in [0.15, 0.2) is 22.7 Å². The van der Waals surface area contributed by atoms with Crippen LogP contribution >= 0.6 is 15.9 Å². The highest BCUT2D eigenvalue weighted by molar-refractivity contribution is 9.10. The first-order valence-corrected chi connectivity index (χ1v) is 6.74. The number of halogens is 1. The Morgan fingerprint density at radius 2 is 2.30 bits per heavy atom. The van der Waals surface area contributed by atoms with Crippen LogP contribution in [-0.4, -0.2) is 27.6 Å². The quantitative estimate of drug-likeness (QED) is 0.637. The van der Waals surface area contributed by atoms with Crippen LogP contribution in [0, 0.1) is 10.1 Å². The number of para-hydroxylation sites is 1. The molecule has 1 fully saturated rings. The standard InChI is InChI=1S/C12H13BrN2O5/c13-8-2-1-3-9(15(18)19)10(8)20-7-4-5-12(14,6-7)11(16)17/h1-3,7H,4-6,14H2,(H,16,17). The molecule has 2 rings (SSSR count). The third kappa shape index (κ3) is 2.75. The van der Waals surface area contributed by atoms with Gasteiger partial charge in [-0.2, -0.15) is 0 Å². The maximum atomic E-state index is 11.1. The van der Waals surface area contributed by atoms with E-state index >= 15 is 0 Å². The van der Waals surface area contributed by atoms with Gasteiger partial charge in [-0.15, -0.1) is 0 Å². The molecule has 1 aliphatic rings. The Balaban J connectivity index is 2.20. The molecule has 0 saturated heterocycles. The zero-order valence-electron chi connectivity index (χ0n) is 10.4. The Morgan fingerprint density at radius 3 is 2.85 bits per heavy atom. The number of hydrogen-bond donors (Lipinski definition) is 2. The van der Waals surface area contributed by atoms with E-state index in [1.54, 1.807) is 6.07 Å². The third-order valence-corrected chi connectivity index (χ3v) is 3.98. The van der Waals surface area contributed by atoms with Crippen LogP contribution in [-0.2, 0) is 4.79 Å². The first-order valence-electron chi connectivity index (χ1n) is 5.95. The summed E-state index contributed by atoms with van der Waals surface area (Å²) in [6.45, 7) is 0. The van der Waals surface area contributed by atoms with Gasteiger partial charge < -0.3 is 15.6 Å². The van der Waals surface area contributed by atoms with Gasteiger partial charge in [0.1, 0.15) is 11.6 Å². The average molecular weight is 345 g/mol. The molecular formula is C12H13BrN2O5. The lowest BCUT2D eigenvalue weighted by atomic mass is 10.00. The summed E-state index contributed by atoms with van der Waals surface area (Å²) in [6.07, 6.45) is 0.404. The van der Waals surface area contributed by atoms with E-state index in [0.717, 1.165) is 0 Å². The summed E-state index contributed by atoms with van der Waals surface area (Å²) in [4.78, 5) is 21.5. The molecule has 20 heavy (non-hydrogen) atoms. The Labute approximate surface area is 123 Å². The lowest BCUT2D eigenvalue weighted by Crippen LogP contribution is -2.46. The predicted octanol–water partition coefficient (Wildman–Crippen LogP) is 2.07. The van der Waals surface area contributed by atoms with Gasteiger partial charge in [0.05, 0.1) is 9.40 Å². The number of benzene rings is 1. The van der Waals surface area contributed by atoms with Crippen molar-refractivity contribution in [3.63, 3.8) is 0 Å². The lowest BCUT2D eigenvalue weighted by molar-refractivity contribution is -0.386. The van der Waals surface area contributed by atoms with E-state index in [9.17, 15) is 14.9 Å². The normalized spacial score (nSPS) is 25.4. The summed E-state index contributed by atoms with van der Waals surface area (Å²) in [5, 5.41) is 20.0. The summed E-state index contributed by atoms with van der Waals surface area (Å²) >= 11 is 3.20. The van der Waals surface area contributed by atoms with E-state index in [-0.39, 0.29) is 24.3 Å². The first kappa shape index (κ1) is 14.7. The number of carbonyl (C=O) groups is 1. The fourth-order valence-corrected chi connectivity index (χ4v) is 2.70. The van der Waals surface area contributed by atoms with Crippen LogP contribution in [0.4, 0.5) is 5.69 Å². The van der Waals surface area contributed by atoms with Crippen molar-refractivity contribution in [2.75, 3.05) is 0 Å². The molecule has 0 amide bonds. The summed E-state index contributed by atoms with van der Waals surface area (Å²) in [5.41, 5.74) is 4.28. The molecule has 3 N–H and O–H groups in total. The maximum Gasteiger partial charge on any atom is 0.323 e. The van der Waals surface area contributed by atoms with Crippen LogP contribution in [0.1, 0.15) is 19.3 Å². The van der Waals surface area contributed by atoms with Gasteiger partial charge in [-0.25, -0.2) is 0 Å². The predicted molar refractivity (Wildman–Crippen MR) is 73.6 cm³/mol. The molecular weight excluding hydrogens is 332 g/mol. The van der Waals surface area contributed by atoms with Crippen molar-refractivity contribution in [3.05, 3.63) is 32.8 Å². The first-order chi connectivity index (χ1) is 9.33. The maximum absolute atomic E-state index is 11.1. The lowest BCUT2D eigenvalue weighted by Gasteiger charge is -2.19. The van der Waals surface area contributed by atoms with Crippen molar-refractivity contribution in [2.24, 2.45) is 5.73 Å². The number of carboxylic acid groups (broad SMARTS) is 1. The van der Waals surface area contributed by atoms with Gasteiger partial charge in [0.25, 0.3) is 0 Å².